The third-order valence-electron chi connectivity index (χ3n) is 3.33. The lowest BCUT2D eigenvalue weighted by molar-refractivity contribution is 0.408. The maximum absolute atomic E-state index is 5.42. The van der Waals surface area contributed by atoms with Crippen LogP contribution in [0.5, 0.6) is 5.75 Å². The molecule has 0 amide bonds. The predicted molar refractivity (Wildman–Crippen MR) is 87.5 cm³/mol. The first kappa shape index (κ1) is 13.9. The van der Waals surface area contributed by atoms with Gasteiger partial charge in [-0.3, -0.25) is 0 Å². The van der Waals surface area contributed by atoms with Crippen LogP contribution >= 0.6 is 15.9 Å². The number of rotatable bonds is 4. The lowest BCUT2D eigenvalue weighted by atomic mass is 10.2. The molecule has 0 atom stereocenters. The van der Waals surface area contributed by atoms with Crippen LogP contribution in [0.3, 0.4) is 0 Å². The second-order valence-corrected chi connectivity index (χ2v) is 5.62. The summed E-state index contributed by atoms with van der Waals surface area (Å²) in [4.78, 5) is 4.48. The Labute approximate surface area is 132 Å². The maximum Gasteiger partial charge on any atom is 0.140 e. The minimum Gasteiger partial charge on any atom is -0.496 e. The van der Waals surface area contributed by atoms with Crippen molar-refractivity contribution in [3.8, 4) is 17.1 Å². The van der Waals surface area contributed by atoms with Crippen LogP contribution in [-0.4, -0.2) is 16.7 Å². The number of halogens is 1. The van der Waals surface area contributed by atoms with Crippen LogP contribution in [0.4, 0.5) is 0 Å². The van der Waals surface area contributed by atoms with E-state index in [1.165, 1.54) is 0 Å². The molecule has 0 aliphatic carbocycles. The first-order valence-corrected chi connectivity index (χ1v) is 7.46. The summed E-state index contributed by atoms with van der Waals surface area (Å²) in [5.41, 5.74) is 2.22. The summed E-state index contributed by atoms with van der Waals surface area (Å²) in [6, 6.07) is 16.2. The number of imidazole rings is 1. The third kappa shape index (κ3) is 3.00. The van der Waals surface area contributed by atoms with Gasteiger partial charge in [-0.2, -0.15) is 0 Å². The Balaban J connectivity index is 1.96. The van der Waals surface area contributed by atoms with Crippen molar-refractivity contribution < 1.29 is 4.74 Å². The topological polar surface area (TPSA) is 27.1 Å². The molecule has 4 heteroatoms. The number of nitrogens with zero attached hydrogens (tertiary/aromatic N) is 2. The summed E-state index contributed by atoms with van der Waals surface area (Å²) in [6.07, 6.45) is 3.81. The zero-order valence-corrected chi connectivity index (χ0v) is 13.2. The van der Waals surface area contributed by atoms with E-state index >= 15 is 0 Å². The Morgan fingerprint density at radius 2 is 2.00 bits per heavy atom. The van der Waals surface area contributed by atoms with E-state index in [0.29, 0.717) is 0 Å². The van der Waals surface area contributed by atoms with Crippen LogP contribution in [0.25, 0.3) is 11.4 Å². The summed E-state index contributed by atoms with van der Waals surface area (Å²) in [5, 5.41) is 0. The van der Waals surface area contributed by atoms with E-state index in [1.54, 1.807) is 7.11 Å². The number of ether oxygens (including phenoxy) is 1. The van der Waals surface area contributed by atoms with Crippen LogP contribution in [-0.2, 0) is 6.54 Å². The molecule has 3 aromatic rings. The zero-order chi connectivity index (χ0) is 14.7. The van der Waals surface area contributed by atoms with Gasteiger partial charge in [0.2, 0.25) is 0 Å². The van der Waals surface area contributed by atoms with Crippen molar-refractivity contribution in [2.45, 2.75) is 6.54 Å². The second-order valence-electron chi connectivity index (χ2n) is 4.70. The molecule has 3 nitrogen and oxygen atoms in total. The van der Waals surface area contributed by atoms with Gasteiger partial charge in [0.25, 0.3) is 0 Å². The lowest BCUT2D eigenvalue weighted by Crippen LogP contribution is -2.02. The average molecular weight is 343 g/mol. The van der Waals surface area contributed by atoms with Crippen molar-refractivity contribution in [1.29, 1.82) is 0 Å². The van der Waals surface area contributed by atoms with Crippen molar-refractivity contribution in [1.82, 2.24) is 9.55 Å². The zero-order valence-electron chi connectivity index (χ0n) is 11.7. The molecule has 0 saturated heterocycles. The van der Waals surface area contributed by atoms with Gasteiger partial charge in [-0.15, -0.1) is 0 Å². The van der Waals surface area contributed by atoms with Crippen molar-refractivity contribution in [2.24, 2.45) is 0 Å². The summed E-state index contributed by atoms with van der Waals surface area (Å²) in [5.74, 6) is 1.84. The van der Waals surface area contributed by atoms with Gasteiger partial charge in [-0.25, -0.2) is 4.98 Å². The predicted octanol–water partition coefficient (Wildman–Crippen LogP) is 4.37. The summed E-state index contributed by atoms with van der Waals surface area (Å²) < 4.78 is 8.59. The van der Waals surface area contributed by atoms with Gasteiger partial charge < -0.3 is 9.30 Å². The molecule has 2 aromatic carbocycles. The smallest absolute Gasteiger partial charge is 0.140 e. The molecule has 0 bridgehead atoms. The van der Waals surface area contributed by atoms with Gasteiger partial charge in [0.1, 0.15) is 11.6 Å². The normalized spacial score (nSPS) is 10.6. The van der Waals surface area contributed by atoms with Gasteiger partial charge in [-0.05, 0) is 18.2 Å². The van der Waals surface area contributed by atoms with Crippen LogP contribution in [0.15, 0.2) is 65.4 Å². The molecule has 0 N–H and O–H groups in total. The van der Waals surface area contributed by atoms with E-state index in [2.05, 4.69) is 43.7 Å². The highest BCUT2D eigenvalue weighted by molar-refractivity contribution is 9.10. The molecule has 0 unspecified atom stereocenters. The first-order chi connectivity index (χ1) is 10.3. The van der Waals surface area contributed by atoms with Crippen LogP contribution in [0.2, 0.25) is 0 Å². The number of methoxy groups -OCH3 is 1. The Morgan fingerprint density at radius 3 is 2.81 bits per heavy atom. The molecule has 0 radical (unpaired) electrons. The van der Waals surface area contributed by atoms with E-state index in [1.807, 2.05) is 42.7 Å². The number of hydrogen-bond acceptors (Lipinski definition) is 2. The molecule has 106 valence electrons. The van der Waals surface area contributed by atoms with E-state index < -0.39 is 0 Å². The summed E-state index contributed by atoms with van der Waals surface area (Å²) in [6.45, 7) is 0.728. The van der Waals surface area contributed by atoms with Crippen molar-refractivity contribution in [2.75, 3.05) is 7.11 Å². The number of para-hydroxylation sites is 1. The fraction of sp³-hybridized carbons (Fsp3) is 0.118. The minimum atomic E-state index is 0.728. The average Bonchev–Trinajstić information content (AvgIpc) is 2.96. The summed E-state index contributed by atoms with van der Waals surface area (Å²) >= 11 is 3.50. The molecule has 1 aromatic heterocycles. The standard InChI is InChI=1S/C17H15BrN2O/c1-21-16-8-3-2-5-14(16)12-20-10-9-19-17(20)13-6-4-7-15(18)11-13/h2-11H,12H2,1H3. The van der Waals surface area contributed by atoms with Crippen LogP contribution in [0, 0.1) is 0 Å². The maximum atomic E-state index is 5.42. The lowest BCUT2D eigenvalue weighted by Gasteiger charge is -2.11. The van der Waals surface area contributed by atoms with E-state index in [4.69, 9.17) is 4.74 Å². The van der Waals surface area contributed by atoms with Crippen LogP contribution < -0.4 is 4.74 Å². The minimum absolute atomic E-state index is 0.728. The highest BCUT2D eigenvalue weighted by atomic mass is 79.9. The Bertz CT molecular complexity index is 752. The van der Waals surface area contributed by atoms with E-state index in [9.17, 15) is 0 Å². The fourth-order valence-corrected chi connectivity index (χ4v) is 2.74. The van der Waals surface area contributed by atoms with Crippen LogP contribution in [0.1, 0.15) is 5.56 Å². The highest BCUT2D eigenvalue weighted by Gasteiger charge is 2.09. The quantitative estimate of drug-likeness (QED) is 0.703. The molecule has 0 fully saturated rings. The molecule has 3 rings (SSSR count). The second kappa shape index (κ2) is 6.14. The van der Waals surface area contributed by atoms with Gasteiger partial charge >= 0.3 is 0 Å². The number of aromatic nitrogens is 2. The van der Waals surface area contributed by atoms with Crippen molar-refractivity contribution in [3.05, 3.63) is 71.0 Å². The molecular formula is C17H15BrN2O. The monoisotopic (exact) mass is 342 g/mol. The summed E-state index contributed by atoms with van der Waals surface area (Å²) in [7, 11) is 1.70. The van der Waals surface area contributed by atoms with Gasteiger partial charge in [0.15, 0.2) is 0 Å². The van der Waals surface area contributed by atoms with Gasteiger partial charge in [-0.1, -0.05) is 46.3 Å². The van der Waals surface area contributed by atoms with Gasteiger partial charge in [0, 0.05) is 28.0 Å². The molecular weight excluding hydrogens is 328 g/mol. The molecule has 0 aliphatic heterocycles. The number of hydrogen-bond donors (Lipinski definition) is 0. The van der Waals surface area contributed by atoms with Gasteiger partial charge in [0.05, 0.1) is 13.7 Å². The molecule has 0 spiro atoms. The first-order valence-electron chi connectivity index (χ1n) is 6.67. The Kier molecular flexibility index (Phi) is 4.06. The molecule has 0 aliphatic rings. The molecule has 1 heterocycles. The third-order valence-corrected chi connectivity index (χ3v) is 3.82. The van der Waals surface area contributed by atoms with E-state index in [0.717, 1.165) is 33.7 Å². The largest absolute Gasteiger partial charge is 0.496 e. The molecule has 0 saturated carbocycles. The SMILES string of the molecule is COc1ccccc1Cn1ccnc1-c1cccc(Br)c1. The highest BCUT2D eigenvalue weighted by Crippen LogP contribution is 2.24. The van der Waals surface area contributed by atoms with Crippen molar-refractivity contribution in [3.63, 3.8) is 0 Å². The number of benzene rings is 2. The Morgan fingerprint density at radius 1 is 1.14 bits per heavy atom. The van der Waals surface area contributed by atoms with E-state index in [-0.39, 0.29) is 0 Å². The Hall–Kier alpha value is -2.07. The van der Waals surface area contributed by atoms with Crippen molar-refractivity contribution >= 4 is 15.9 Å². The fourth-order valence-electron chi connectivity index (χ4n) is 2.34. The molecule has 21 heavy (non-hydrogen) atoms.